The number of halogens is 6. The van der Waals surface area contributed by atoms with E-state index in [2.05, 4.69) is 21.0 Å². The van der Waals surface area contributed by atoms with Crippen molar-refractivity contribution >= 4 is 35.5 Å². The molecule has 0 bridgehead atoms. The number of aromatic nitrogens is 2. The molecule has 1 aromatic rings. The van der Waals surface area contributed by atoms with E-state index in [0.717, 1.165) is 23.6 Å². The zero-order chi connectivity index (χ0) is 29.7. The Balaban J connectivity index is 0.000000804. The molecule has 0 aliphatic carbocycles. The van der Waals surface area contributed by atoms with Gasteiger partial charge in [-0.25, -0.2) is 9.59 Å². The molecule has 1 saturated heterocycles. The first-order chi connectivity index (χ1) is 17.3. The number of thioether (sulfide) groups is 1. The van der Waals surface area contributed by atoms with Crippen molar-refractivity contribution in [3.8, 4) is 0 Å². The second kappa shape index (κ2) is 16.1. The number of carbonyl (C=O) groups excluding carboxylic acids is 2. The largest absolute Gasteiger partial charge is 0.490 e. The minimum atomic E-state index is -5.08. The van der Waals surface area contributed by atoms with Gasteiger partial charge >= 0.3 is 24.3 Å². The number of carbonyl (C=O) groups is 4. The van der Waals surface area contributed by atoms with Crippen LogP contribution in [0.15, 0.2) is 12.4 Å². The molecule has 0 saturated carbocycles. The SMILES string of the molecule is CC(C)CC(NC(=O)[C@@H]1CSCCN1)C(=O)NCc1cnn(C)c1.O=C(O)C(F)(F)F.O=C(O)C(F)(F)F. The monoisotopic (exact) mass is 581 g/mol. The van der Waals surface area contributed by atoms with Crippen molar-refractivity contribution in [3.63, 3.8) is 0 Å². The molecule has 1 aliphatic heterocycles. The molecule has 1 aromatic heterocycles. The summed E-state index contributed by atoms with van der Waals surface area (Å²) in [7, 11) is 1.84. The molecule has 2 amide bonds. The summed E-state index contributed by atoms with van der Waals surface area (Å²) in [4.78, 5) is 42.7. The third-order valence-corrected chi connectivity index (χ3v) is 5.35. The maximum Gasteiger partial charge on any atom is 0.490 e. The highest BCUT2D eigenvalue weighted by Crippen LogP contribution is 2.14. The molecule has 38 heavy (non-hydrogen) atoms. The van der Waals surface area contributed by atoms with Crippen LogP contribution in [0.25, 0.3) is 0 Å². The van der Waals surface area contributed by atoms with Gasteiger partial charge in [0, 0.05) is 43.4 Å². The van der Waals surface area contributed by atoms with Crippen LogP contribution in [0.2, 0.25) is 0 Å². The van der Waals surface area contributed by atoms with E-state index in [1.807, 2.05) is 27.1 Å². The highest BCUT2D eigenvalue weighted by atomic mass is 32.2. The number of nitrogens with zero attached hydrogens (tertiary/aromatic N) is 2. The third-order valence-electron chi connectivity index (χ3n) is 4.29. The van der Waals surface area contributed by atoms with Gasteiger partial charge in [-0.05, 0) is 12.3 Å². The summed E-state index contributed by atoms with van der Waals surface area (Å²) < 4.78 is 65.2. The molecule has 11 nitrogen and oxygen atoms in total. The summed E-state index contributed by atoms with van der Waals surface area (Å²) in [5, 5.41) is 27.3. The van der Waals surface area contributed by atoms with Crippen LogP contribution in [-0.2, 0) is 32.8 Å². The minimum Gasteiger partial charge on any atom is -0.475 e. The van der Waals surface area contributed by atoms with Gasteiger partial charge in [0.15, 0.2) is 0 Å². The Hall–Kier alpha value is -3.02. The van der Waals surface area contributed by atoms with Gasteiger partial charge in [0.25, 0.3) is 0 Å². The van der Waals surface area contributed by atoms with Crippen LogP contribution >= 0.6 is 11.8 Å². The average Bonchev–Trinajstić information content (AvgIpc) is 3.22. The van der Waals surface area contributed by atoms with E-state index in [9.17, 15) is 35.9 Å². The normalized spacial score (nSPS) is 16.2. The van der Waals surface area contributed by atoms with E-state index in [0.29, 0.717) is 18.9 Å². The summed E-state index contributed by atoms with van der Waals surface area (Å²) in [6.07, 6.45) is -5.97. The second-order valence-corrected chi connectivity index (χ2v) is 9.27. The van der Waals surface area contributed by atoms with Crippen molar-refractivity contribution in [1.29, 1.82) is 0 Å². The molecule has 5 N–H and O–H groups in total. The van der Waals surface area contributed by atoms with Crippen LogP contribution in [0.4, 0.5) is 26.3 Å². The number of hydrogen-bond acceptors (Lipinski definition) is 7. The van der Waals surface area contributed by atoms with Crippen LogP contribution < -0.4 is 16.0 Å². The van der Waals surface area contributed by atoms with Gasteiger partial charge in [-0.15, -0.1) is 0 Å². The first kappa shape index (κ1) is 35.0. The topological polar surface area (TPSA) is 163 Å². The fourth-order valence-electron chi connectivity index (χ4n) is 2.58. The van der Waals surface area contributed by atoms with Gasteiger partial charge in [0.2, 0.25) is 11.8 Å². The van der Waals surface area contributed by atoms with E-state index in [1.165, 1.54) is 0 Å². The van der Waals surface area contributed by atoms with Crippen LogP contribution in [0, 0.1) is 5.92 Å². The summed E-state index contributed by atoms with van der Waals surface area (Å²) in [5.41, 5.74) is 0.936. The lowest BCUT2D eigenvalue weighted by Gasteiger charge is -2.26. The number of aliphatic carboxylic acids is 2. The van der Waals surface area contributed by atoms with Crippen LogP contribution in [0.1, 0.15) is 25.8 Å². The number of rotatable bonds is 7. The summed E-state index contributed by atoms with van der Waals surface area (Å²) in [5.74, 6) is -3.68. The number of carboxylic acids is 2. The zero-order valence-electron chi connectivity index (χ0n) is 20.5. The van der Waals surface area contributed by atoms with Gasteiger partial charge in [-0.3, -0.25) is 14.3 Å². The molecular formula is C20H29F6N5O6S. The standard InChI is InChI=1S/C16H27N5O2S.2C2HF3O2/c1-11(2)6-13(20-16(23)14-10-24-5-4-17-14)15(22)18-7-12-8-19-21(3)9-12;2*3-2(4,5)1(6)7/h8-9,11,13-14,17H,4-7,10H2,1-3H3,(H,18,22)(H,20,23);2*(H,6,7)/t13?,14-;;/m0../s1. The first-order valence-electron chi connectivity index (χ1n) is 10.8. The molecule has 2 heterocycles. The van der Waals surface area contributed by atoms with Gasteiger partial charge in [0.1, 0.15) is 6.04 Å². The maximum atomic E-state index is 12.5. The van der Waals surface area contributed by atoms with Gasteiger partial charge in [-0.2, -0.15) is 43.2 Å². The molecule has 0 aromatic carbocycles. The third kappa shape index (κ3) is 15.3. The number of aryl methyl sites for hydroxylation is 1. The number of alkyl halides is 6. The molecule has 218 valence electrons. The van der Waals surface area contributed by atoms with Crippen molar-refractivity contribution in [2.24, 2.45) is 13.0 Å². The Kier molecular flexibility index (Phi) is 14.8. The lowest BCUT2D eigenvalue weighted by atomic mass is 10.0. The maximum absolute atomic E-state index is 12.5. The predicted molar refractivity (Wildman–Crippen MR) is 123 cm³/mol. The molecule has 1 fully saturated rings. The fourth-order valence-corrected chi connectivity index (χ4v) is 3.52. The Morgan fingerprint density at radius 1 is 1.13 bits per heavy atom. The van der Waals surface area contributed by atoms with Crippen molar-refractivity contribution < 1.29 is 55.7 Å². The van der Waals surface area contributed by atoms with E-state index in [-0.39, 0.29) is 17.9 Å². The van der Waals surface area contributed by atoms with Gasteiger partial charge in [-0.1, -0.05) is 13.8 Å². The minimum absolute atomic E-state index is 0.0932. The molecule has 0 spiro atoms. The van der Waals surface area contributed by atoms with Crippen molar-refractivity contribution in [2.45, 2.75) is 51.2 Å². The van der Waals surface area contributed by atoms with Crippen LogP contribution in [0.3, 0.4) is 0 Å². The predicted octanol–water partition coefficient (Wildman–Crippen LogP) is 1.54. The van der Waals surface area contributed by atoms with E-state index in [1.54, 1.807) is 22.6 Å². The molecule has 1 unspecified atom stereocenters. The zero-order valence-corrected chi connectivity index (χ0v) is 21.3. The van der Waals surface area contributed by atoms with Crippen molar-refractivity contribution in [1.82, 2.24) is 25.7 Å². The number of nitrogens with one attached hydrogen (secondary N) is 3. The number of hydrogen-bond donors (Lipinski definition) is 5. The second-order valence-electron chi connectivity index (χ2n) is 8.12. The molecule has 2 rings (SSSR count). The highest BCUT2D eigenvalue weighted by Gasteiger charge is 2.38. The first-order valence-corrected chi connectivity index (χ1v) is 12.0. The van der Waals surface area contributed by atoms with E-state index in [4.69, 9.17) is 19.8 Å². The molecule has 18 heteroatoms. The van der Waals surface area contributed by atoms with E-state index >= 15 is 0 Å². The summed E-state index contributed by atoms with van der Waals surface area (Å²) in [6, 6.07) is -0.729. The van der Waals surface area contributed by atoms with Gasteiger partial charge in [0.05, 0.1) is 12.2 Å². The molecular weight excluding hydrogens is 552 g/mol. The van der Waals surface area contributed by atoms with Crippen molar-refractivity contribution in [3.05, 3.63) is 18.0 Å². The van der Waals surface area contributed by atoms with Crippen LogP contribution in [-0.4, -0.2) is 86.2 Å². The van der Waals surface area contributed by atoms with Crippen molar-refractivity contribution in [2.75, 3.05) is 18.1 Å². The lowest BCUT2D eigenvalue weighted by molar-refractivity contribution is -0.193. The smallest absolute Gasteiger partial charge is 0.475 e. The quantitative estimate of drug-likeness (QED) is 0.301. The highest BCUT2D eigenvalue weighted by molar-refractivity contribution is 7.99. The number of amides is 2. The Bertz CT molecular complexity index is 895. The lowest BCUT2D eigenvalue weighted by Crippen LogP contribution is -2.55. The van der Waals surface area contributed by atoms with E-state index < -0.39 is 30.3 Å². The Morgan fingerprint density at radius 2 is 1.66 bits per heavy atom. The average molecular weight is 582 g/mol. The fraction of sp³-hybridized carbons (Fsp3) is 0.650. The van der Waals surface area contributed by atoms with Crippen LogP contribution in [0.5, 0.6) is 0 Å². The van der Waals surface area contributed by atoms with Gasteiger partial charge < -0.3 is 26.2 Å². The summed E-state index contributed by atoms with van der Waals surface area (Å²) in [6.45, 7) is 5.32. The number of carboxylic acid groups (broad SMARTS) is 2. The Labute approximate surface area is 217 Å². The molecule has 1 aliphatic rings. The Morgan fingerprint density at radius 3 is 2.03 bits per heavy atom. The summed E-state index contributed by atoms with van der Waals surface area (Å²) >= 11 is 1.76. The molecule has 2 atom stereocenters. The molecule has 0 radical (unpaired) electrons.